The highest BCUT2D eigenvalue weighted by Gasteiger charge is 2.24. The van der Waals surface area contributed by atoms with Crippen molar-refractivity contribution in [3.05, 3.63) is 48.2 Å². The van der Waals surface area contributed by atoms with Gasteiger partial charge < -0.3 is 24.8 Å². The molecule has 158 valence electrons. The number of hydrogen-bond donors (Lipinski definition) is 1. The van der Waals surface area contributed by atoms with Gasteiger partial charge >= 0.3 is 0 Å². The molecular formula is C20H23FN6O2S. The van der Waals surface area contributed by atoms with Crippen LogP contribution in [0.3, 0.4) is 0 Å². The number of ether oxygens (including phenoxy) is 1. The predicted molar refractivity (Wildman–Crippen MR) is 115 cm³/mol. The van der Waals surface area contributed by atoms with Gasteiger partial charge in [0.15, 0.2) is 5.11 Å². The van der Waals surface area contributed by atoms with Gasteiger partial charge in [0.2, 0.25) is 5.95 Å². The first-order valence-corrected chi connectivity index (χ1v) is 10.3. The van der Waals surface area contributed by atoms with Crippen LogP contribution in [0.15, 0.2) is 36.5 Å². The first-order chi connectivity index (χ1) is 14.6. The summed E-state index contributed by atoms with van der Waals surface area (Å²) in [6, 6.07) is 8.17. The summed E-state index contributed by atoms with van der Waals surface area (Å²) in [5, 5.41) is 3.80. The summed E-state index contributed by atoms with van der Waals surface area (Å²) in [7, 11) is 0. The number of anilines is 2. The SMILES string of the molecule is O=C(c1cccc(F)n1)N1CCN(C(=S)Nc2ccc(N3CCOCC3)nc2)CC1. The molecule has 2 aromatic heterocycles. The molecule has 0 spiro atoms. The molecule has 2 saturated heterocycles. The van der Waals surface area contributed by atoms with Gasteiger partial charge in [-0.15, -0.1) is 0 Å². The third-order valence-corrected chi connectivity index (χ3v) is 5.48. The van der Waals surface area contributed by atoms with Gasteiger partial charge in [-0.05, 0) is 36.5 Å². The average Bonchev–Trinajstić information content (AvgIpc) is 2.80. The number of nitrogens with zero attached hydrogens (tertiary/aromatic N) is 5. The van der Waals surface area contributed by atoms with Gasteiger partial charge in [-0.25, -0.2) is 9.97 Å². The molecular weight excluding hydrogens is 407 g/mol. The van der Waals surface area contributed by atoms with Crippen molar-refractivity contribution in [3.8, 4) is 0 Å². The zero-order valence-corrected chi connectivity index (χ0v) is 17.3. The number of thiocarbonyl (C=S) groups is 1. The van der Waals surface area contributed by atoms with E-state index in [0.29, 0.717) is 31.3 Å². The summed E-state index contributed by atoms with van der Waals surface area (Å²) in [6.45, 7) is 5.28. The van der Waals surface area contributed by atoms with E-state index < -0.39 is 5.95 Å². The standard InChI is InChI=1S/C20H23FN6O2S/c21-17-3-1-2-16(24-17)19(28)26-6-8-27(9-7-26)20(30)23-15-4-5-18(22-14-15)25-10-12-29-13-11-25/h1-5,14H,6-13H2,(H,23,30). The largest absolute Gasteiger partial charge is 0.378 e. The minimum absolute atomic E-state index is 0.121. The maximum absolute atomic E-state index is 13.3. The summed E-state index contributed by atoms with van der Waals surface area (Å²) >= 11 is 5.52. The van der Waals surface area contributed by atoms with Crippen LogP contribution < -0.4 is 10.2 Å². The van der Waals surface area contributed by atoms with Crippen molar-refractivity contribution in [2.45, 2.75) is 0 Å². The van der Waals surface area contributed by atoms with Gasteiger partial charge in [-0.1, -0.05) is 6.07 Å². The number of piperazine rings is 1. The zero-order chi connectivity index (χ0) is 20.9. The lowest BCUT2D eigenvalue weighted by molar-refractivity contribution is 0.0686. The molecule has 2 aliphatic heterocycles. The van der Waals surface area contributed by atoms with E-state index in [1.807, 2.05) is 17.0 Å². The van der Waals surface area contributed by atoms with Gasteiger partial charge in [0, 0.05) is 39.3 Å². The van der Waals surface area contributed by atoms with Crippen molar-refractivity contribution in [1.82, 2.24) is 19.8 Å². The molecule has 0 unspecified atom stereocenters. The molecule has 2 aromatic rings. The molecule has 10 heteroatoms. The second kappa shape index (κ2) is 9.31. The van der Waals surface area contributed by atoms with Crippen LogP contribution in [-0.4, -0.2) is 83.3 Å². The molecule has 8 nitrogen and oxygen atoms in total. The number of carbonyl (C=O) groups excluding carboxylic acids is 1. The Kier molecular flexibility index (Phi) is 6.34. The lowest BCUT2D eigenvalue weighted by atomic mass is 10.2. The highest BCUT2D eigenvalue weighted by atomic mass is 32.1. The van der Waals surface area contributed by atoms with Crippen LogP contribution in [0.2, 0.25) is 0 Å². The fraction of sp³-hybridized carbons (Fsp3) is 0.400. The molecule has 2 fully saturated rings. The topological polar surface area (TPSA) is 73.8 Å². The van der Waals surface area contributed by atoms with Crippen LogP contribution in [0.25, 0.3) is 0 Å². The number of carbonyl (C=O) groups is 1. The van der Waals surface area contributed by atoms with Crippen LogP contribution in [0.1, 0.15) is 10.5 Å². The Morgan fingerprint density at radius 1 is 1.03 bits per heavy atom. The molecule has 1 amide bonds. The Morgan fingerprint density at radius 2 is 1.77 bits per heavy atom. The summed E-state index contributed by atoms with van der Waals surface area (Å²) in [4.78, 5) is 26.5. The van der Waals surface area contributed by atoms with Crippen molar-refractivity contribution < 1.29 is 13.9 Å². The quantitative estimate of drug-likeness (QED) is 0.582. The fourth-order valence-electron chi connectivity index (χ4n) is 3.44. The van der Waals surface area contributed by atoms with E-state index in [4.69, 9.17) is 17.0 Å². The van der Waals surface area contributed by atoms with Crippen LogP contribution >= 0.6 is 12.2 Å². The molecule has 4 rings (SSSR count). The highest BCUT2D eigenvalue weighted by molar-refractivity contribution is 7.80. The van der Waals surface area contributed by atoms with Crippen molar-refractivity contribution in [2.24, 2.45) is 0 Å². The maximum Gasteiger partial charge on any atom is 0.272 e. The number of aromatic nitrogens is 2. The van der Waals surface area contributed by atoms with Crippen LogP contribution in [0, 0.1) is 5.95 Å². The number of morpholine rings is 1. The molecule has 30 heavy (non-hydrogen) atoms. The Labute approximate surface area is 179 Å². The van der Waals surface area contributed by atoms with Crippen molar-refractivity contribution >= 4 is 34.7 Å². The molecule has 0 atom stereocenters. The lowest BCUT2D eigenvalue weighted by Crippen LogP contribution is -2.51. The minimum Gasteiger partial charge on any atom is -0.378 e. The zero-order valence-electron chi connectivity index (χ0n) is 16.5. The maximum atomic E-state index is 13.3. The molecule has 1 N–H and O–H groups in total. The average molecular weight is 431 g/mol. The Hall–Kier alpha value is -2.85. The number of rotatable bonds is 3. The summed E-state index contributed by atoms with van der Waals surface area (Å²) in [5.41, 5.74) is 0.940. The summed E-state index contributed by atoms with van der Waals surface area (Å²) in [5.74, 6) is 0.00175. The van der Waals surface area contributed by atoms with Gasteiger partial charge in [0.05, 0.1) is 25.1 Å². The third kappa shape index (κ3) is 4.82. The normalized spacial score (nSPS) is 17.0. The van der Waals surface area contributed by atoms with E-state index in [1.165, 1.54) is 18.2 Å². The Morgan fingerprint density at radius 3 is 2.43 bits per heavy atom. The first-order valence-electron chi connectivity index (χ1n) is 9.87. The van der Waals surface area contributed by atoms with Crippen LogP contribution in [0.4, 0.5) is 15.9 Å². The lowest BCUT2D eigenvalue weighted by Gasteiger charge is -2.36. The van der Waals surface area contributed by atoms with Crippen molar-refractivity contribution in [3.63, 3.8) is 0 Å². The van der Waals surface area contributed by atoms with E-state index in [2.05, 4.69) is 20.2 Å². The molecule has 0 saturated carbocycles. The number of amides is 1. The number of nitrogens with one attached hydrogen (secondary N) is 1. The number of hydrogen-bond acceptors (Lipinski definition) is 6. The van der Waals surface area contributed by atoms with E-state index in [0.717, 1.165) is 37.8 Å². The van der Waals surface area contributed by atoms with Gasteiger partial charge in [0.25, 0.3) is 5.91 Å². The summed E-state index contributed by atoms with van der Waals surface area (Å²) in [6.07, 6.45) is 1.77. The van der Waals surface area contributed by atoms with Gasteiger partial charge in [-0.3, -0.25) is 4.79 Å². The monoisotopic (exact) mass is 430 g/mol. The molecule has 4 heterocycles. The highest BCUT2D eigenvalue weighted by Crippen LogP contribution is 2.16. The molecule has 0 aromatic carbocycles. The second-order valence-electron chi connectivity index (χ2n) is 7.06. The van der Waals surface area contributed by atoms with Gasteiger partial charge in [-0.2, -0.15) is 4.39 Å². The van der Waals surface area contributed by atoms with Crippen molar-refractivity contribution in [1.29, 1.82) is 0 Å². The Balaban J connectivity index is 1.28. The summed E-state index contributed by atoms with van der Waals surface area (Å²) < 4.78 is 18.6. The smallest absolute Gasteiger partial charge is 0.272 e. The van der Waals surface area contributed by atoms with E-state index in [1.54, 1.807) is 11.1 Å². The van der Waals surface area contributed by atoms with E-state index in [9.17, 15) is 9.18 Å². The molecule has 0 radical (unpaired) electrons. The van der Waals surface area contributed by atoms with E-state index >= 15 is 0 Å². The van der Waals surface area contributed by atoms with Gasteiger partial charge in [0.1, 0.15) is 11.5 Å². The predicted octanol–water partition coefficient (Wildman–Crippen LogP) is 1.61. The van der Waals surface area contributed by atoms with E-state index in [-0.39, 0.29) is 11.6 Å². The minimum atomic E-state index is -0.655. The third-order valence-electron chi connectivity index (χ3n) is 5.12. The second-order valence-corrected chi connectivity index (χ2v) is 7.45. The van der Waals surface area contributed by atoms with Crippen molar-refractivity contribution in [2.75, 3.05) is 62.7 Å². The number of pyridine rings is 2. The van der Waals surface area contributed by atoms with Crippen LogP contribution in [-0.2, 0) is 4.74 Å². The molecule has 0 bridgehead atoms. The van der Waals surface area contributed by atoms with Crippen LogP contribution in [0.5, 0.6) is 0 Å². The first kappa shape index (κ1) is 20.4. The number of halogens is 1. The Bertz CT molecular complexity index is 898. The molecule has 0 aliphatic carbocycles. The fourth-order valence-corrected chi connectivity index (χ4v) is 3.74. The molecule has 2 aliphatic rings.